The number of hydrogen-bond acceptors (Lipinski definition) is 4. The molecular weight excluding hydrogens is 240 g/mol. The van der Waals surface area contributed by atoms with Crippen LogP contribution in [0.4, 0.5) is 0 Å². The average Bonchev–Trinajstić information content (AvgIpc) is 2.30. The number of hydrogen-bond donors (Lipinski definition) is 2. The van der Waals surface area contributed by atoms with Gasteiger partial charge in [-0.05, 0) is 5.92 Å². The Bertz CT molecular complexity index is 264. The summed E-state index contributed by atoms with van der Waals surface area (Å²) in [6.45, 7) is 6.49. The van der Waals surface area contributed by atoms with Gasteiger partial charge in [0, 0.05) is 26.7 Å². The molecule has 0 bridgehead atoms. The van der Waals surface area contributed by atoms with Crippen molar-refractivity contribution < 1.29 is 13.2 Å². The summed E-state index contributed by atoms with van der Waals surface area (Å²) in [5, 5.41) is 3.09. The van der Waals surface area contributed by atoms with Crippen LogP contribution in [-0.2, 0) is 14.8 Å². The summed E-state index contributed by atoms with van der Waals surface area (Å²) in [7, 11) is -1.48. The topological polar surface area (TPSA) is 67.4 Å². The fourth-order valence-corrected chi connectivity index (χ4v) is 3.11. The highest BCUT2D eigenvalue weighted by Gasteiger charge is 2.15. The van der Waals surface area contributed by atoms with Crippen LogP contribution in [0.5, 0.6) is 0 Å². The van der Waals surface area contributed by atoms with Gasteiger partial charge in [-0.2, -0.15) is 0 Å². The SMILES string of the molecule is CCC(CC)CS(=O)(=O)NCCNCCOC. The molecule has 0 aromatic carbocycles. The van der Waals surface area contributed by atoms with Crippen molar-refractivity contribution in [2.75, 3.05) is 39.1 Å². The highest BCUT2D eigenvalue weighted by molar-refractivity contribution is 7.89. The monoisotopic (exact) mass is 266 g/mol. The molecule has 17 heavy (non-hydrogen) atoms. The van der Waals surface area contributed by atoms with Crippen LogP contribution in [0.3, 0.4) is 0 Å². The van der Waals surface area contributed by atoms with E-state index in [0.29, 0.717) is 19.7 Å². The van der Waals surface area contributed by atoms with Gasteiger partial charge >= 0.3 is 0 Å². The zero-order chi connectivity index (χ0) is 13.1. The first-order valence-corrected chi connectivity index (χ1v) is 7.87. The number of ether oxygens (including phenoxy) is 1. The minimum atomic E-state index is -3.12. The van der Waals surface area contributed by atoms with Crippen molar-refractivity contribution in [2.45, 2.75) is 26.7 Å². The smallest absolute Gasteiger partial charge is 0.211 e. The third-order valence-corrected chi connectivity index (χ3v) is 4.27. The number of nitrogens with one attached hydrogen (secondary N) is 2. The summed E-state index contributed by atoms with van der Waals surface area (Å²) in [5.74, 6) is 0.492. The van der Waals surface area contributed by atoms with Gasteiger partial charge in [-0.25, -0.2) is 13.1 Å². The number of sulfonamides is 1. The molecule has 0 atom stereocenters. The summed E-state index contributed by atoms with van der Waals surface area (Å²) in [6, 6.07) is 0. The van der Waals surface area contributed by atoms with Gasteiger partial charge in [0.2, 0.25) is 10.0 Å². The van der Waals surface area contributed by atoms with Gasteiger partial charge in [0.1, 0.15) is 0 Å². The standard InChI is InChI=1S/C11H26N2O3S/c1-4-11(5-2)10-17(14,15)13-7-6-12-8-9-16-3/h11-13H,4-10H2,1-3H3. The van der Waals surface area contributed by atoms with Gasteiger partial charge in [0.15, 0.2) is 0 Å². The van der Waals surface area contributed by atoms with E-state index in [2.05, 4.69) is 10.0 Å². The third kappa shape index (κ3) is 9.52. The Kier molecular flexibility index (Phi) is 9.72. The minimum Gasteiger partial charge on any atom is -0.383 e. The van der Waals surface area contributed by atoms with E-state index in [1.165, 1.54) is 0 Å². The van der Waals surface area contributed by atoms with E-state index in [1.54, 1.807) is 7.11 Å². The summed E-state index contributed by atoms with van der Waals surface area (Å²) in [6.07, 6.45) is 1.81. The second-order valence-electron chi connectivity index (χ2n) is 4.10. The van der Waals surface area contributed by atoms with Gasteiger partial charge in [0.05, 0.1) is 12.4 Å². The summed E-state index contributed by atoms with van der Waals surface area (Å²) in [4.78, 5) is 0. The van der Waals surface area contributed by atoms with E-state index in [-0.39, 0.29) is 11.7 Å². The Morgan fingerprint density at radius 1 is 1.12 bits per heavy atom. The van der Waals surface area contributed by atoms with Crippen LogP contribution in [0.15, 0.2) is 0 Å². The Hall–Kier alpha value is -0.170. The van der Waals surface area contributed by atoms with Crippen molar-refractivity contribution in [3.63, 3.8) is 0 Å². The van der Waals surface area contributed by atoms with E-state index in [4.69, 9.17) is 4.74 Å². The van der Waals surface area contributed by atoms with Crippen LogP contribution in [0.2, 0.25) is 0 Å². The number of methoxy groups -OCH3 is 1. The lowest BCUT2D eigenvalue weighted by atomic mass is 10.1. The maximum absolute atomic E-state index is 11.7. The molecule has 0 aromatic heterocycles. The molecule has 5 nitrogen and oxygen atoms in total. The van der Waals surface area contributed by atoms with Crippen LogP contribution >= 0.6 is 0 Å². The zero-order valence-corrected chi connectivity index (χ0v) is 12.0. The summed E-state index contributed by atoms with van der Waals surface area (Å²) >= 11 is 0. The van der Waals surface area contributed by atoms with Crippen LogP contribution in [0, 0.1) is 5.92 Å². The predicted octanol–water partition coefficient (Wildman–Crippen LogP) is 0.578. The minimum absolute atomic E-state index is 0.234. The Morgan fingerprint density at radius 3 is 2.29 bits per heavy atom. The van der Waals surface area contributed by atoms with Crippen LogP contribution < -0.4 is 10.0 Å². The fourth-order valence-electron chi connectivity index (χ4n) is 1.49. The molecule has 0 unspecified atom stereocenters. The first-order valence-electron chi connectivity index (χ1n) is 6.22. The molecule has 0 aromatic rings. The van der Waals surface area contributed by atoms with Crippen molar-refractivity contribution in [2.24, 2.45) is 5.92 Å². The lowest BCUT2D eigenvalue weighted by molar-refractivity contribution is 0.199. The molecule has 0 aliphatic carbocycles. The van der Waals surface area contributed by atoms with Gasteiger partial charge < -0.3 is 10.1 Å². The highest BCUT2D eigenvalue weighted by atomic mass is 32.2. The lowest BCUT2D eigenvalue weighted by Gasteiger charge is -2.13. The zero-order valence-electron chi connectivity index (χ0n) is 11.2. The maximum Gasteiger partial charge on any atom is 0.211 e. The largest absolute Gasteiger partial charge is 0.383 e. The van der Waals surface area contributed by atoms with E-state index >= 15 is 0 Å². The molecule has 0 heterocycles. The normalized spacial score (nSPS) is 12.2. The fraction of sp³-hybridized carbons (Fsp3) is 1.00. The van der Waals surface area contributed by atoms with Crippen LogP contribution in [0.1, 0.15) is 26.7 Å². The maximum atomic E-state index is 11.7. The summed E-state index contributed by atoms with van der Waals surface area (Å²) in [5.41, 5.74) is 0. The quantitative estimate of drug-likeness (QED) is 0.537. The van der Waals surface area contributed by atoms with Crippen molar-refractivity contribution in [3.05, 3.63) is 0 Å². The summed E-state index contributed by atoms with van der Waals surface area (Å²) < 4.78 is 30.8. The molecule has 2 N–H and O–H groups in total. The second kappa shape index (κ2) is 9.82. The molecule has 6 heteroatoms. The van der Waals surface area contributed by atoms with Crippen LogP contribution in [0.25, 0.3) is 0 Å². The van der Waals surface area contributed by atoms with Crippen molar-refractivity contribution >= 4 is 10.0 Å². The molecule has 0 radical (unpaired) electrons. The third-order valence-electron chi connectivity index (χ3n) is 2.72. The molecule has 0 spiro atoms. The molecular formula is C11H26N2O3S. The molecule has 0 aliphatic heterocycles. The van der Waals surface area contributed by atoms with Gasteiger partial charge in [-0.15, -0.1) is 0 Å². The van der Waals surface area contributed by atoms with E-state index in [1.807, 2.05) is 13.8 Å². The molecule has 0 aliphatic rings. The Morgan fingerprint density at radius 2 is 1.76 bits per heavy atom. The van der Waals surface area contributed by atoms with Crippen molar-refractivity contribution in [3.8, 4) is 0 Å². The Balaban J connectivity index is 3.71. The number of rotatable bonds is 11. The van der Waals surface area contributed by atoms with Gasteiger partial charge in [-0.3, -0.25) is 0 Å². The van der Waals surface area contributed by atoms with E-state index in [0.717, 1.165) is 19.4 Å². The van der Waals surface area contributed by atoms with Crippen LogP contribution in [-0.4, -0.2) is 47.5 Å². The van der Waals surface area contributed by atoms with Gasteiger partial charge in [-0.1, -0.05) is 26.7 Å². The van der Waals surface area contributed by atoms with Crippen molar-refractivity contribution in [1.82, 2.24) is 10.0 Å². The lowest BCUT2D eigenvalue weighted by Crippen LogP contribution is -2.35. The van der Waals surface area contributed by atoms with Gasteiger partial charge in [0.25, 0.3) is 0 Å². The first-order chi connectivity index (χ1) is 8.05. The predicted molar refractivity (Wildman–Crippen MR) is 70.6 cm³/mol. The van der Waals surface area contributed by atoms with E-state index in [9.17, 15) is 8.42 Å². The average molecular weight is 266 g/mol. The molecule has 0 saturated carbocycles. The highest BCUT2D eigenvalue weighted by Crippen LogP contribution is 2.09. The molecule has 0 amide bonds. The van der Waals surface area contributed by atoms with E-state index < -0.39 is 10.0 Å². The molecule has 0 saturated heterocycles. The van der Waals surface area contributed by atoms with Crippen molar-refractivity contribution in [1.29, 1.82) is 0 Å². The molecule has 104 valence electrons. The second-order valence-corrected chi connectivity index (χ2v) is 5.95. The Labute approximate surface area is 105 Å². The molecule has 0 fully saturated rings. The molecule has 0 rings (SSSR count). The first kappa shape index (κ1) is 16.8.